The maximum atomic E-state index is 5.95. The van der Waals surface area contributed by atoms with E-state index in [-0.39, 0.29) is 0 Å². The predicted molar refractivity (Wildman–Crippen MR) is 66.7 cm³/mol. The molecule has 1 heterocycles. The smallest absolute Gasteiger partial charge is 0.184 e. The van der Waals surface area contributed by atoms with Crippen molar-refractivity contribution in [3.8, 4) is 0 Å². The van der Waals surface area contributed by atoms with Crippen molar-refractivity contribution in [2.75, 3.05) is 0 Å². The predicted octanol–water partition coefficient (Wildman–Crippen LogP) is 4.34. The molecule has 1 nitrogen and oxygen atoms in total. The molecule has 0 radical (unpaired) electrons. The van der Waals surface area contributed by atoms with Crippen molar-refractivity contribution < 1.29 is 0 Å². The monoisotopic (exact) mass is 243 g/mol. The second-order valence-corrected chi connectivity index (χ2v) is 6.78. The molecule has 0 amide bonds. The zero-order chi connectivity index (χ0) is 11.1. The van der Waals surface area contributed by atoms with Crippen LogP contribution < -0.4 is 0 Å². The van der Waals surface area contributed by atoms with Crippen LogP contribution in [-0.4, -0.2) is 4.98 Å². The summed E-state index contributed by atoms with van der Waals surface area (Å²) in [6.07, 6.45) is 4.82. The van der Waals surface area contributed by atoms with E-state index in [1.807, 2.05) is 0 Å². The Morgan fingerprint density at radius 3 is 2.93 bits per heavy atom. The SMILES string of the molecule is CCC(C)(C)C1CCc2nc(Cl)sc2C1. The summed E-state index contributed by atoms with van der Waals surface area (Å²) < 4.78 is 0.718. The standard InChI is InChI=1S/C12H18ClNS/c1-4-12(2,3)8-5-6-9-10(7-8)15-11(13)14-9/h8H,4-7H2,1-3H3. The summed E-state index contributed by atoms with van der Waals surface area (Å²) in [5.74, 6) is 0.798. The van der Waals surface area contributed by atoms with Gasteiger partial charge in [-0.05, 0) is 30.6 Å². The average molecular weight is 244 g/mol. The van der Waals surface area contributed by atoms with E-state index in [0.717, 1.165) is 16.8 Å². The highest BCUT2D eigenvalue weighted by molar-refractivity contribution is 7.15. The normalized spacial score (nSPS) is 21.5. The first-order valence-corrected chi connectivity index (χ1v) is 6.86. The summed E-state index contributed by atoms with van der Waals surface area (Å²) in [6.45, 7) is 7.05. The zero-order valence-corrected chi connectivity index (χ0v) is 11.2. The molecule has 0 spiro atoms. The third kappa shape index (κ3) is 2.21. The summed E-state index contributed by atoms with van der Waals surface area (Å²) in [5.41, 5.74) is 1.71. The van der Waals surface area contributed by atoms with Crippen LogP contribution in [0.2, 0.25) is 4.47 Å². The summed E-state index contributed by atoms with van der Waals surface area (Å²) in [4.78, 5) is 5.81. The minimum atomic E-state index is 0.453. The van der Waals surface area contributed by atoms with Gasteiger partial charge >= 0.3 is 0 Å². The van der Waals surface area contributed by atoms with Crippen molar-refractivity contribution in [2.45, 2.75) is 46.5 Å². The highest BCUT2D eigenvalue weighted by Crippen LogP contribution is 2.41. The van der Waals surface area contributed by atoms with Crippen LogP contribution in [0, 0.1) is 11.3 Å². The third-order valence-electron chi connectivity index (χ3n) is 3.93. The lowest BCUT2D eigenvalue weighted by atomic mass is 9.70. The van der Waals surface area contributed by atoms with Gasteiger partial charge < -0.3 is 0 Å². The van der Waals surface area contributed by atoms with Crippen LogP contribution >= 0.6 is 22.9 Å². The molecule has 15 heavy (non-hydrogen) atoms. The second-order valence-electron chi connectivity index (χ2n) is 5.12. The number of nitrogens with zero attached hydrogens (tertiary/aromatic N) is 1. The highest BCUT2D eigenvalue weighted by atomic mass is 35.5. The Bertz CT molecular complexity index is 357. The first-order chi connectivity index (χ1) is 7.03. The Kier molecular flexibility index (Phi) is 3.09. The molecule has 1 atom stereocenters. The molecule has 1 aliphatic rings. The van der Waals surface area contributed by atoms with Crippen LogP contribution in [-0.2, 0) is 12.8 Å². The fourth-order valence-corrected chi connectivity index (χ4v) is 3.59. The van der Waals surface area contributed by atoms with E-state index in [4.69, 9.17) is 11.6 Å². The van der Waals surface area contributed by atoms with Gasteiger partial charge in [0.2, 0.25) is 0 Å². The molecule has 2 rings (SSSR count). The number of aromatic nitrogens is 1. The van der Waals surface area contributed by atoms with Gasteiger partial charge in [0.15, 0.2) is 4.47 Å². The van der Waals surface area contributed by atoms with Crippen LogP contribution in [0.25, 0.3) is 0 Å². The van der Waals surface area contributed by atoms with Crippen molar-refractivity contribution >= 4 is 22.9 Å². The Labute approximate surface area is 101 Å². The molecule has 0 fully saturated rings. The van der Waals surface area contributed by atoms with Crippen molar-refractivity contribution in [1.29, 1.82) is 0 Å². The Balaban J connectivity index is 2.18. The van der Waals surface area contributed by atoms with Crippen LogP contribution in [0.5, 0.6) is 0 Å². The first kappa shape index (κ1) is 11.4. The summed E-state index contributed by atoms with van der Waals surface area (Å²) >= 11 is 7.63. The maximum Gasteiger partial charge on any atom is 0.184 e. The van der Waals surface area contributed by atoms with E-state index in [9.17, 15) is 0 Å². The van der Waals surface area contributed by atoms with Crippen molar-refractivity contribution in [3.05, 3.63) is 15.0 Å². The molecule has 0 N–H and O–H groups in total. The van der Waals surface area contributed by atoms with Gasteiger partial charge in [-0.2, -0.15) is 0 Å². The molecular weight excluding hydrogens is 226 g/mol. The van der Waals surface area contributed by atoms with Gasteiger partial charge in [0.05, 0.1) is 5.69 Å². The van der Waals surface area contributed by atoms with Crippen LogP contribution in [0.3, 0.4) is 0 Å². The van der Waals surface area contributed by atoms with Gasteiger partial charge in [-0.3, -0.25) is 0 Å². The lowest BCUT2D eigenvalue weighted by Crippen LogP contribution is -2.28. The number of aryl methyl sites for hydroxylation is 1. The fourth-order valence-electron chi connectivity index (χ4n) is 2.30. The summed E-state index contributed by atoms with van der Waals surface area (Å²) in [7, 11) is 0. The first-order valence-electron chi connectivity index (χ1n) is 5.67. The topological polar surface area (TPSA) is 12.9 Å². The van der Waals surface area contributed by atoms with E-state index in [2.05, 4.69) is 25.8 Å². The van der Waals surface area contributed by atoms with E-state index in [1.165, 1.54) is 29.8 Å². The van der Waals surface area contributed by atoms with Crippen molar-refractivity contribution in [1.82, 2.24) is 4.98 Å². The quantitative estimate of drug-likeness (QED) is 0.753. The Hall–Kier alpha value is -0.0800. The molecule has 1 aliphatic carbocycles. The van der Waals surface area contributed by atoms with Gasteiger partial charge in [-0.25, -0.2) is 4.98 Å². The van der Waals surface area contributed by atoms with Crippen molar-refractivity contribution in [3.63, 3.8) is 0 Å². The van der Waals surface area contributed by atoms with Crippen LogP contribution in [0.15, 0.2) is 0 Å². The van der Waals surface area contributed by atoms with Gasteiger partial charge in [0.25, 0.3) is 0 Å². The molecule has 0 saturated carbocycles. The van der Waals surface area contributed by atoms with Crippen LogP contribution in [0.1, 0.15) is 44.2 Å². The fraction of sp³-hybridized carbons (Fsp3) is 0.750. The highest BCUT2D eigenvalue weighted by Gasteiger charge is 2.32. The molecule has 0 bridgehead atoms. The summed E-state index contributed by atoms with van der Waals surface area (Å²) in [6, 6.07) is 0. The molecule has 3 heteroatoms. The van der Waals surface area contributed by atoms with Crippen LogP contribution in [0.4, 0.5) is 0 Å². The molecule has 1 unspecified atom stereocenters. The molecule has 0 saturated heterocycles. The second kappa shape index (κ2) is 4.06. The maximum absolute atomic E-state index is 5.95. The van der Waals surface area contributed by atoms with Gasteiger partial charge in [-0.15, -0.1) is 11.3 Å². The number of halogens is 1. The molecule has 0 aromatic carbocycles. The van der Waals surface area contributed by atoms with Gasteiger partial charge in [0, 0.05) is 4.88 Å². The average Bonchev–Trinajstić information content (AvgIpc) is 2.56. The van der Waals surface area contributed by atoms with Gasteiger partial charge in [0.1, 0.15) is 0 Å². The molecule has 1 aromatic heterocycles. The molecular formula is C12H18ClNS. The third-order valence-corrected chi connectivity index (χ3v) is 5.15. The molecule has 0 aliphatic heterocycles. The van der Waals surface area contributed by atoms with Gasteiger partial charge in [-0.1, -0.05) is 38.8 Å². The molecule has 84 valence electrons. The Morgan fingerprint density at radius 1 is 1.53 bits per heavy atom. The van der Waals surface area contributed by atoms with E-state index >= 15 is 0 Å². The van der Waals surface area contributed by atoms with E-state index in [1.54, 1.807) is 11.3 Å². The van der Waals surface area contributed by atoms with E-state index in [0.29, 0.717) is 5.41 Å². The lowest BCUT2D eigenvalue weighted by Gasteiger charge is -2.35. The largest absolute Gasteiger partial charge is 0.230 e. The zero-order valence-electron chi connectivity index (χ0n) is 9.64. The summed E-state index contributed by atoms with van der Waals surface area (Å²) in [5, 5.41) is 0. The minimum absolute atomic E-state index is 0.453. The number of rotatable bonds is 2. The minimum Gasteiger partial charge on any atom is -0.230 e. The number of hydrogen-bond acceptors (Lipinski definition) is 2. The number of thiazole rings is 1. The lowest BCUT2D eigenvalue weighted by molar-refractivity contribution is 0.183. The number of hydrogen-bond donors (Lipinski definition) is 0. The van der Waals surface area contributed by atoms with E-state index < -0.39 is 0 Å². The molecule has 1 aromatic rings. The van der Waals surface area contributed by atoms with Crippen molar-refractivity contribution in [2.24, 2.45) is 11.3 Å². The number of fused-ring (bicyclic) bond motifs is 1. The Morgan fingerprint density at radius 2 is 2.27 bits per heavy atom.